The highest BCUT2D eigenvalue weighted by Crippen LogP contribution is 2.42. The van der Waals surface area contributed by atoms with Crippen LogP contribution in [0.5, 0.6) is 0 Å². The van der Waals surface area contributed by atoms with Gasteiger partial charge < -0.3 is 4.90 Å². The third-order valence-electron chi connectivity index (χ3n) is 4.00. The fraction of sp³-hybridized carbons (Fsp3) is 0.615. The van der Waals surface area contributed by atoms with Gasteiger partial charge in [0.25, 0.3) is 0 Å². The molecule has 0 spiro atoms. The van der Waals surface area contributed by atoms with E-state index in [4.69, 9.17) is 0 Å². The van der Waals surface area contributed by atoms with E-state index in [-0.39, 0.29) is 0 Å². The minimum absolute atomic E-state index is 0.945. The van der Waals surface area contributed by atoms with Crippen LogP contribution < -0.4 is 4.90 Å². The van der Waals surface area contributed by atoms with E-state index in [1.54, 1.807) is 0 Å². The Kier molecular flexibility index (Phi) is 2.15. The van der Waals surface area contributed by atoms with E-state index < -0.39 is 0 Å². The summed E-state index contributed by atoms with van der Waals surface area (Å²) in [5.74, 6) is 2.84. The summed E-state index contributed by atoms with van der Waals surface area (Å²) in [4.78, 5) is 6.70. The molecular formula is C13H18N2. The number of hydrogen-bond donors (Lipinski definition) is 0. The van der Waals surface area contributed by atoms with Gasteiger partial charge in [0.15, 0.2) is 0 Å². The largest absolute Gasteiger partial charge is 0.370 e. The number of pyridine rings is 1. The minimum atomic E-state index is 0.945. The van der Waals surface area contributed by atoms with E-state index in [1.807, 2.05) is 18.5 Å². The molecule has 1 saturated heterocycles. The van der Waals surface area contributed by atoms with Gasteiger partial charge in [-0.25, -0.2) is 0 Å². The number of rotatable bonds is 1. The maximum atomic E-state index is 4.20. The molecule has 2 unspecified atom stereocenters. The molecule has 2 heteroatoms. The molecule has 1 aliphatic carbocycles. The molecule has 1 saturated carbocycles. The van der Waals surface area contributed by atoms with Gasteiger partial charge in [0, 0.05) is 19.3 Å². The fourth-order valence-corrected chi connectivity index (χ4v) is 3.35. The van der Waals surface area contributed by atoms with Crippen molar-refractivity contribution in [1.29, 1.82) is 0 Å². The lowest BCUT2D eigenvalue weighted by atomic mass is 10.0. The molecule has 0 aromatic carbocycles. The summed E-state index contributed by atoms with van der Waals surface area (Å²) >= 11 is 0. The monoisotopic (exact) mass is 202 g/mol. The van der Waals surface area contributed by atoms with Gasteiger partial charge in [-0.1, -0.05) is 6.92 Å². The first-order valence-electron chi connectivity index (χ1n) is 5.98. The van der Waals surface area contributed by atoms with Gasteiger partial charge in [0.2, 0.25) is 0 Å². The van der Waals surface area contributed by atoms with Crippen molar-refractivity contribution in [1.82, 2.24) is 4.98 Å². The molecular weight excluding hydrogens is 184 g/mol. The zero-order valence-electron chi connectivity index (χ0n) is 9.26. The second-order valence-corrected chi connectivity index (χ2v) is 5.21. The summed E-state index contributed by atoms with van der Waals surface area (Å²) < 4.78 is 0. The zero-order valence-corrected chi connectivity index (χ0v) is 9.26. The Hall–Kier alpha value is -1.05. The van der Waals surface area contributed by atoms with Crippen molar-refractivity contribution in [3.05, 3.63) is 24.5 Å². The van der Waals surface area contributed by atoms with Gasteiger partial charge in [-0.05, 0) is 42.7 Å². The molecule has 2 aliphatic rings. The molecule has 0 N–H and O–H groups in total. The normalized spacial score (nSPS) is 34.5. The van der Waals surface area contributed by atoms with Crippen LogP contribution in [0.25, 0.3) is 0 Å². The van der Waals surface area contributed by atoms with Crippen molar-refractivity contribution < 1.29 is 0 Å². The average molecular weight is 202 g/mol. The van der Waals surface area contributed by atoms with E-state index in [2.05, 4.69) is 22.9 Å². The Labute approximate surface area is 91.3 Å². The van der Waals surface area contributed by atoms with Crippen molar-refractivity contribution in [2.45, 2.75) is 19.8 Å². The van der Waals surface area contributed by atoms with Crippen molar-refractivity contribution in [3.63, 3.8) is 0 Å². The summed E-state index contributed by atoms with van der Waals surface area (Å²) in [6.07, 6.45) is 6.70. The summed E-state index contributed by atoms with van der Waals surface area (Å²) in [7, 11) is 0. The molecule has 0 radical (unpaired) electrons. The van der Waals surface area contributed by atoms with Gasteiger partial charge in [-0.3, -0.25) is 4.98 Å². The number of fused-ring (bicyclic) bond motifs is 1. The molecule has 2 heterocycles. The highest BCUT2D eigenvalue weighted by atomic mass is 15.2. The standard InChI is InChI=1S/C13H18N2/c1-10-5-11-8-15(9-12(11)6-10)13-3-2-4-14-7-13/h2-4,7,10-12H,5-6,8-9H2,1H3. The van der Waals surface area contributed by atoms with Crippen LogP contribution in [0.15, 0.2) is 24.5 Å². The topological polar surface area (TPSA) is 16.1 Å². The molecule has 3 rings (SSSR count). The zero-order chi connectivity index (χ0) is 10.3. The molecule has 0 amide bonds. The number of nitrogens with zero attached hydrogens (tertiary/aromatic N) is 2. The minimum Gasteiger partial charge on any atom is -0.370 e. The second kappa shape index (κ2) is 3.51. The molecule has 80 valence electrons. The van der Waals surface area contributed by atoms with Crippen LogP contribution >= 0.6 is 0 Å². The van der Waals surface area contributed by atoms with Crippen LogP contribution in [0.2, 0.25) is 0 Å². The Bertz CT molecular complexity index is 322. The first-order chi connectivity index (χ1) is 7.33. The fourth-order valence-electron chi connectivity index (χ4n) is 3.35. The lowest BCUT2D eigenvalue weighted by Gasteiger charge is -2.19. The van der Waals surface area contributed by atoms with Gasteiger partial charge in [-0.15, -0.1) is 0 Å². The van der Waals surface area contributed by atoms with Crippen LogP contribution in [0.3, 0.4) is 0 Å². The smallest absolute Gasteiger partial charge is 0.0552 e. The number of aromatic nitrogens is 1. The van der Waals surface area contributed by atoms with E-state index in [0.717, 1.165) is 17.8 Å². The molecule has 2 fully saturated rings. The molecule has 1 aliphatic heterocycles. The van der Waals surface area contributed by atoms with E-state index >= 15 is 0 Å². The number of anilines is 1. The summed E-state index contributed by atoms with van der Waals surface area (Å²) in [5.41, 5.74) is 1.31. The highest BCUT2D eigenvalue weighted by Gasteiger charge is 2.39. The quantitative estimate of drug-likeness (QED) is 0.695. The summed E-state index contributed by atoms with van der Waals surface area (Å²) in [6.45, 7) is 4.90. The third kappa shape index (κ3) is 1.62. The van der Waals surface area contributed by atoms with E-state index in [0.29, 0.717) is 0 Å². The van der Waals surface area contributed by atoms with Crippen LogP contribution in [-0.2, 0) is 0 Å². The summed E-state index contributed by atoms with van der Waals surface area (Å²) in [6, 6.07) is 4.21. The average Bonchev–Trinajstić information content (AvgIpc) is 2.76. The van der Waals surface area contributed by atoms with Gasteiger partial charge in [-0.2, -0.15) is 0 Å². The van der Waals surface area contributed by atoms with E-state index in [9.17, 15) is 0 Å². The van der Waals surface area contributed by atoms with E-state index in [1.165, 1.54) is 31.6 Å². The van der Waals surface area contributed by atoms with Gasteiger partial charge in [0.1, 0.15) is 0 Å². The van der Waals surface area contributed by atoms with Crippen molar-refractivity contribution in [2.24, 2.45) is 17.8 Å². The SMILES string of the molecule is CC1CC2CN(c3cccnc3)CC2C1. The Balaban J connectivity index is 1.73. The number of hydrogen-bond acceptors (Lipinski definition) is 2. The molecule has 0 bridgehead atoms. The maximum Gasteiger partial charge on any atom is 0.0552 e. The first-order valence-corrected chi connectivity index (χ1v) is 5.98. The Morgan fingerprint density at radius 3 is 2.60 bits per heavy atom. The molecule has 2 atom stereocenters. The first kappa shape index (κ1) is 9.20. The molecule has 1 aromatic rings. The van der Waals surface area contributed by atoms with Crippen LogP contribution in [0.4, 0.5) is 5.69 Å². The van der Waals surface area contributed by atoms with Gasteiger partial charge in [0.05, 0.1) is 11.9 Å². The predicted octanol–water partition coefficient (Wildman–Crippen LogP) is 2.56. The predicted molar refractivity (Wildman–Crippen MR) is 61.8 cm³/mol. The van der Waals surface area contributed by atoms with Crippen LogP contribution in [0.1, 0.15) is 19.8 Å². The molecule has 2 nitrogen and oxygen atoms in total. The highest BCUT2D eigenvalue weighted by molar-refractivity contribution is 5.45. The second-order valence-electron chi connectivity index (χ2n) is 5.21. The Morgan fingerprint density at radius 2 is 2.00 bits per heavy atom. The van der Waals surface area contributed by atoms with Crippen LogP contribution in [0, 0.1) is 17.8 Å². The Morgan fingerprint density at radius 1 is 1.27 bits per heavy atom. The van der Waals surface area contributed by atoms with Gasteiger partial charge >= 0.3 is 0 Å². The van der Waals surface area contributed by atoms with Crippen molar-refractivity contribution in [2.75, 3.05) is 18.0 Å². The van der Waals surface area contributed by atoms with Crippen molar-refractivity contribution in [3.8, 4) is 0 Å². The maximum absolute atomic E-state index is 4.20. The third-order valence-corrected chi connectivity index (χ3v) is 4.00. The lowest BCUT2D eigenvalue weighted by Crippen LogP contribution is -2.21. The molecule has 15 heavy (non-hydrogen) atoms. The summed E-state index contributed by atoms with van der Waals surface area (Å²) in [5, 5.41) is 0. The molecule has 1 aromatic heterocycles. The van der Waals surface area contributed by atoms with Crippen molar-refractivity contribution >= 4 is 5.69 Å². The lowest BCUT2D eigenvalue weighted by molar-refractivity contribution is 0.494. The van der Waals surface area contributed by atoms with Crippen LogP contribution in [-0.4, -0.2) is 18.1 Å².